The Labute approximate surface area is 104 Å². The summed E-state index contributed by atoms with van der Waals surface area (Å²) in [4.78, 5) is 2.22. The lowest BCUT2D eigenvalue weighted by Crippen LogP contribution is -2.40. The molecule has 0 aliphatic carbocycles. The summed E-state index contributed by atoms with van der Waals surface area (Å²) < 4.78 is 0. The van der Waals surface area contributed by atoms with E-state index in [0.29, 0.717) is 0 Å². The molecule has 0 amide bonds. The van der Waals surface area contributed by atoms with E-state index >= 15 is 0 Å². The van der Waals surface area contributed by atoms with Crippen LogP contribution in [0.4, 0.5) is 5.69 Å². The van der Waals surface area contributed by atoms with Crippen molar-refractivity contribution in [3.63, 3.8) is 0 Å². The first-order valence-electron chi connectivity index (χ1n) is 6.15. The predicted octanol–water partition coefficient (Wildman–Crippen LogP) is 2.32. The van der Waals surface area contributed by atoms with Gasteiger partial charge in [0.1, 0.15) is 6.04 Å². The van der Waals surface area contributed by atoms with Gasteiger partial charge in [-0.2, -0.15) is 5.26 Å². The molecule has 0 aliphatic rings. The van der Waals surface area contributed by atoms with Crippen molar-refractivity contribution >= 4 is 5.69 Å². The fraction of sp³-hybridized carbons (Fsp3) is 0.500. The van der Waals surface area contributed by atoms with Gasteiger partial charge < -0.3 is 10.2 Å². The van der Waals surface area contributed by atoms with Crippen molar-refractivity contribution in [2.24, 2.45) is 0 Å². The maximum atomic E-state index is 9.05. The first-order valence-corrected chi connectivity index (χ1v) is 6.15. The average molecular weight is 231 g/mol. The Bertz CT molecular complexity index is 364. The molecule has 0 fully saturated rings. The van der Waals surface area contributed by atoms with Gasteiger partial charge in [0.05, 0.1) is 6.07 Å². The number of hydrogen-bond donors (Lipinski definition) is 1. The molecule has 1 aromatic rings. The van der Waals surface area contributed by atoms with Crippen molar-refractivity contribution in [2.75, 3.05) is 24.5 Å². The topological polar surface area (TPSA) is 39.1 Å². The van der Waals surface area contributed by atoms with Gasteiger partial charge in [0.15, 0.2) is 0 Å². The van der Waals surface area contributed by atoms with Crippen LogP contribution in [-0.2, 0) is 0 Å². The highest BCUT2D eigenvalue weighted by molar-refractivity contribution is 5.47. The molecule has 0 aliphatic heterocycles. The molecule has 0 saturated heterocycles. The van der Waals surface area contributed by atoms with Gasteiger partial charge in [0.25, 0.3) is 0 Å². The summed E-state index contributed by atoms with van der Waals surface area (Å²) in [5.74, 6) is 0. The second kappa shape index (κ2) is 6.93. The maximum Gasteiger partial charge on any atom is 0.113 e. The first-order chi connectivity index (χ1) is 8.21. The van der Waals surface area contributed by atoms with Gasteiger partial charge in [-0.25, -0.2) is 0 Å². The van der Waals surface area contributed by atoms with Crippen LogP contribution in [0, 0.1) is 18.3 Å². The molecule has 1 atom stereocenters. The van der Waals surface area contributed by atoms with E-state index in [1.165, 1.54) is 11.3 Å². The van der Waals surface area contributed by atoms with E-state index in [4.69, 9.17) is 5.26 Å². The van der Waals surface area contributed by atoms with Crippen LogP contribution < -0.4 is 10.2 Å². The van der Waals surface area contributed by atoms with Gasteiger partial charge in [-0.3, -0.25) is 0 Å². The molecule has 3 nitrogen and oxygen atoms in total. The highest BCUT2D eigenvalue weighted by Crippen LogP contribution is 2.14. The van der Waals surface area contributed by atoms with Gasteiger partial charge in [-0.15, -0.1) is 0 Å². The van der Waals surface area contributed by atoms with E-state index in [-0.39, 0.29) is 6.04 Å². The average Bonchev–Trinajstić information content (AvgIpc) is 2.36. The molecule has 0 bridgehead atoms. The molecule has 0 heterocycles. The van der Waals surface area contributed by atoms with Crippen molar-refractivity contribution in [2.45, 2.75) is 26.8 Å². The highest BCUT2D eigenvalue weighted by Gasteiger charge is 2.11. The van der Waals surface area contributed by atoms with Gasteiger partial charge in [0.2, 0.25) is 0 Å². The second-order valence-electron chi connectivity index (χ2n) is 4.11. The van der Waals surface area contributed by atoms with Crippen LogP contribution in [-0.4, -0.2) is 25.7 Å². The summed E-state index contributed by atoms with van der Waals surface area (Å²) in [5, 5.41) is 12.2. The van der Waals surface area contributed by atoms with Crippen molar-refractivity contribution in [1.29, 1.82) is 5.26 Å². The van der Waals surface area contributed by atoms with Gasteiger partial charge in [0, 0.05) is 18.8 Å². The Morgan fingerprint density at radius 3 is 2.41 bits per heavy atom. The number of rotatable bonds is 6. The fourth-order valence-electron chi connectivity index (χ4n) is 1.79. The second-order valence-corrected chi connectivity index (χ2v) is 4.11. The van der Waals surface area contributed by atoms with E-state index in [2.05, 4.69) is 54.4 Å². The lowest BCUT2D eigenvalue weighted by atomic mass is 10.2. The van der Waals surface area contributed by atoms with Gasteiger partial charge >= 0.3 is 0 Å². The number of hydrogen-bond acceptors (Lipinski definition) is 3. The summed E-state index contributed by atoms with van der Waals surface area (Å²) in [6, 6.07) is 10.6. The molecule has 0 radical (unpaired) electrons. The molecule has 1 rings (SSSR count). The molecular formula is C14H21N3. The van der Waals surface area contributed by atoms with Crippen molar-refractivity contribution in [3.05, 3.63) is 29.8 Å². The highest BCUT2D eigenvalue weighted by atomic mass is 15.1. The van der Waals surface area contributed by atoms with Crippen LogP contribution >= 0.6 is 0 Å². The third-order valence-electron chi connectivity index (χ3n) is 2.79. The predicted molar refractivity (Wildman–Crippen MR) is 72.1 cm³/mol. The molecule has 0 saturated carbocycles. The third kappa shape index (κ3) is 4.08. The van der Waals surface area contributed by atoms with Crippen LogP contribution in [0.5, 0.6) is 0 Å². The molecule has 0 spiro atoms. The van der Waals surface area contributed by atoms with Crippen LogP contribution in [0.3, 0.4) is 0 Å². The number of likely N-dealkylation sites (N-methyl/N-ethyl adjacent to an activating group) is 2. The SMILES string of the molecule is CCNC(C#N)CN(CC)c1ccc(C)cc1. The van der Waals surface area contributed by atoms with E-state index < -0.39 is 0 Å². The summed E-state index contributed by atoms with van der Waals surface area (Å²) in [5.41, 5.74) is 2.43. The summed E-state index contributed by atoms with van der Waals surface area (Å²) in [6.45, 7) is 8.67. The standard InChI is InChI=1S/C14H21N3/c1-4-16-13(10-15)11-17(5-2)14-8-6-12(3)7-9-14/h6-9,13,16H,4-5,11H2,1-3H3. The summed E-state index contributed by atoms with van der Waals surface area (Å²) in [7, 11) is 0. The van der Waals surface area contributed by atoms with Crippen molar-refractivity contribution in [3.8, 4) is 6.07 Å². The number of nitrogens with zero attached hydrogens (tertiary/aromatic N) is 2. The van der Waals surface area contributed by atoms with Gasteiger partial charge in [-0.1, -0.05) is 24.6 Å². The molecule has 1 unspecified atom stereocenters. The minimum atomic E-state index is -0.110. The Kier molecular flexibility index (Phi) is 5.51. The Hall–Kier alpha value is -1.53. The summed E-state index contributed by atoms with van der Waals surface area (Å²) >= 11 is 0. The zero-order valence-electron chi connectivity index (χ0n) is 10.9. The molecule has 1 aromatic carbocycles. The monoisotopic (exact) mass is 231 g/mol. The van der Waals surface area contributed by atoms with Crippen molar-refractivity contribution < 1.29 is 0 Å². The lowest BCUT2D eigenvalue weighted by Gasteiger charge is -2.25. The largest absolute Gasteiger partial charge is 0.369 e. The maximum absolute atomic E-state index is 9.05. The van der Waals surface area contributed by atoms with E-state index in [0.717, 1.165) is 19.6 Å². The van der Waals surface area contributed by atoms with Gasteiger partial charge in [-0.05, 0) is 32.5 Å². The zero-order chi connectivity index (χ0) is 12.7. The quantitative estimate of drug-likeness (QED) is 0.816. The minimum absolute atomic E-state index is 0.110. The van der Waals surface area contributed by atoms with E-state index in [9.17, 15) is 0 Å². The number of nitriles is 1. The molecule has 1 N–H and O–H groups in total. The molecular weight excluding hydrogens is 210 g/mol. The lowest BCUT2D eigenvalue weighted by molar-refractivity contribution is 0.606. The molecule has 92 valence electrons. The summed E-state index contributed by atoms with van der Waals surface area (Å²) in [6.07, 6.45) is 0. The van der Waals surface area contributed by atoms with E-state index in [1.54, 1.807) is 0 Å². The first kappa shape index (κ1) is 13.5. The van der Waals surface area contributed by atoms with Crippen LogP contribution in [0.1, 0.15) is 19.4 Å². The Balaban J connectivity index is 2.71. The molecule has 3 heteroatoms. The van der Waals surface area contributed by atoms with Crippen LogP contribution in [0.25, 0.3) is 0 Å². The van der Waals surface area contributed by atoms with E-state index in [1.807, 2.05) is 6.92 Å². The molecule has 0 aromatic heterocycles. The minimum Gasteiger partial charge on any atom is -0.369 e. The Morgan fingerprint density at radius 2 is 1.94 bits per heavy atom. The number of nitrogens with one attached hydrogen (secondary N) is 1. The molecule has 17 heavy (non-hydrogen) atoms. The van der Waals surface area contributed by atoms with Crippen molar-refractivity contribution in [1.82, 2.24) is 5.32 Å². The van der Waals surface area contributed by atoms with Crippen LogP contribution in [0.15, 0.2) is 24.3 Å². The smallest absolute Gasteiger partial charge is 0.113 e. The fourth-order valence-corrected chi connectivity index (χ4v) is 1.79. The number of benzene rings is 1. The third-order valence-corrected chi connectivity index (χ3v) is 2.79. The zero-order valence-corrected chi connectivity index (χ0v) is 10.9. The normalized spacial score (nSPS) is 11.9. The number of aryl methyl sites for hydroxylation is 1. The van der Waals surface area contributed by atoms with Crippen LogP contribution in [0.2, 0.25) is 0 Å². The Morgan fingerprint density at radius 1 is 1.29 bits per heavy atom. The number of anilines is 1.